The molecule has 2 fully saturated rings. The fraction of sp³-hybridized carbons (Fsp3) is 1.00. The van der Waals surface area contributed by atoms with Crippen molar-refractivity contribution in [2.45, 2.75) is 82.6 Å². The number of hydrogen-bond donors (Lipinski definition) is 1. The molecule has 0 aromatic rings. The van der Waals surface area contributed by atoms with Gasteiger partial charge in [-0.1, -0.05) is 20.8 Å². The summed E-state index contributed by atoms with van der Waals surface area (Å²) >= 11 is 0. The molecule has 0 spiro atoms. The van der Waals surface area contributed by atoms with Crippen molar-refractivity contribution in [3.63, 3.8) is 0 Å². The fourth-order valence-corrected chi connectivity index (χ4v) is 3.75. The lowest BCUT2D eigenvalue weighted by Gasteiger charge is -2.42. The Hall–Kier alpha value is 0.0969. The first-order valence-electron chi connectivity index (χ1n) is 6.60. The maximum Gasteiger partial charge on any atom is 0.192 e. The molecule has 0 radical (unpaired) electrons. The third kappa shape index (κ3) is 2.32. The Kier molecular flexibility index (Phi) is 3.02. The molecule has 2 aliphatic rings. The van der Waals surface area contributed by atoms with Crippen molar-refractivity contribution in [3.8, 4) is 0 Å². The first kappa shape index (κ1) is 13.5. The summed E-state index contributed by atoms with van der Waals surface area (Å²) in [7, 11) is -1.78. The molecule has 0 unspecified atom stereocenters. The third-order valence-electron chi connectivity index (χ3n) is 4.83. The Morgan fingerprint density at radius 2 is 1.88 bits per heavy atom. The van der Waals surface area contributed by atoms with E-state index < -0.39 is 8.32 Å². The summed E-state index contributed by atoms with van der Waals surface area (Å²) in [5.41, 5.74) is -0.130. The minimum atomic E-state index is -1.78. The summed E-state index contributed by atoms with van der Waals surface area (Å²) < 4.78 is 12.2. The van der Waals surface area contributed by atoms with Gasteiger partial charge < -0.3 is 14.3 Å². The highest BCUT2D eigenvalue weighted by atomic mass is 28.4. The third-order valence-corrected chi connectivity index (χ3v) is 9.32. The molecule has 1 saturated carbocycles. The number of aliphatic hydroxyl groups is 1. The van der Waals surface area contributed by atoms with Gasteiger partial charge in [-0.2, -0.15) is 0 Å². The quantitative estimate of drug-likeness (QED) is 0.611. The zero-order valence-corrected chi connectivity index (χ0v) is 12.9. The molecular formula is C13H26O3Si. The number of hydrogen-bond acceptors (Lipinski definition) is 3. The van der Waals surface area contributed by atoms with E-state index in [2.05, 4.69) is 40.8 Å². The summed E-state index contributed by atoms with van der Waals surface area (Å²) in [6.45, 7) is 13.4. The second-order valence-corrected chi connectivity index (χ2v) is 12.0. The van der Waals surface area contributed by atoms with Gasteiger partial charge >= 0.3 is 0 Å². The Morgan fingerprint density at radius 1 is 1.29 bits per heavy atom. The molecule has 100 valence electrons. The molecule has 17 heavy (non-hydrogen) atoms. The van der Waals surface area contributed by atoms with E-state index in [9.17, 15) is 5.11 Å². The van der Waals surface area contributed by atoms with Crippen LogP contribution in [0.4, 0.5) is 0 Å². The molecule has 2 rings (SSSR count). The summed E-state index contributed by atoms with van der Waals surface area (Å²) in [6, 6.07) is 0. The first-order chi connectivity index (χ1) is 7.56. The topological polar surface area (TPSA) is 42.0 Å². The van der Waals surface area contributed by atoms with Gasteiger partial charge in [-0.05, 0) is 25.1 Å². The van der Waals surface area contributed by atoms with Crippen LogP contribution in [0, 0.1) is 0 Å². The van der Waals surface area contributed by atoms with Crippen LogP contribution in [0.15, 0.2) is 0 Å². The molecular weight excluding hydrogens is 232 g/mol. The van der Waals surface area contributed by atoms with Crippen molar-refractivity contribution in [3.05, 3.63) is 0 Å². The van der Waals surface area contributed by atoms with Gasteiger partial charge in [-0.15, -0.1) is 0 Å². The van der Waals surface area contributed by atoms with E-state index in [1.807, 2.05) is 0 Å². The van der Waals surface area contributed by atoms with Crippen LogP contribution < -0.4 is 0 Å². The Labute approximate surface area is 106 Å². The normalized spacial score (nSPS) is 42.2. The highest BCUT2D eigenvalue weighted by Crippen LogP contribution is 2.51. The van der Waals surface area contributed by atoms with Gasteiger partial charge in [0.15, 0.2) is 8.32 Å². The molecule has 1 aliphatic heterocycles. The van der Waals surface area contributed by atoms with Crippen LogP contribution >= 0.6 is 0 Å². The average Bonchev–Trinajstić information content (AvgIpc) is 2.74. The average molecular weight is 258 g/mol. The van der Waals surface area contributed by atoms with E-state index in [0.29, 0.717) is 0 Å². The lowest BCUT2D eigenvalue weighted by atomic mass is 9.86. The van der Waals surface area contributed by atoms with E-state index in [4.69, 9.17) is 9.16 Å². The molecule has 1 N–H and O–H groups in total. The fourth-order valence-electron chi connectivity index (χ4n) is 2.36. The van der Waals surface area contributed by atoms with Crippen molar-refractivity contribution < 1.29 is 14.3 Å². The van der Waals surface area contributed by atoms with E-state index >= 15 is 0 Å². The van der Waals surface area contributed by atoms with Crippen LogP contribution in [0.2, 0.25) is 18.1 Å². The minimum absolute atomic E-state index is 0.0668. The molecule has 0 amide bonds. The van der Waals surface area contributed by atoms with E-state index in [0.717, 1.165) is 12.8 Å². The Morgan fingerprint density at radius 3 is 2.41 bits per heavy atom. The van der Waals surface area contributed by atoms with Crippen LogP contribution in [0.3, 0.4) is 0 Å². The largest absolute Gasteiger partial charge is 0.411 e. The molecule has 0 aromatic carbocycles. The molecule has 1 heterocycles. The highest BCUT2D eigenvalue weighted by molar-refractivity contribution is 6.74. The van der Waals surface area contributed by atoms with E-state index in [-0.39, 0.29) is 29.0 Å². The molecule has 1 saturated heterocycles. The van der Waals surface area contributed by atoms with Gasteiger partial charge in [-0.25, -0.2) is 0 Å². The predicted molar refractivity (Wildman–Crippen MR) is 70.6 cm³/mol. The van der Waals surface area contributed by atoms with Gasteiger partial charge in [0.1, 0.15) is 5.60 Å². The number of fused-ring (bicyclic) bond motifs is 1. The molecule has 1 aliphatic carbocycles. The lowest BCUT2D eigenvalue weighted by molar-refractivity contribution is 0.0309. The maximum atomic E-state index is 9.85. The first-order valence-corrected chi connectivity index (χ1v) is 9.51. The van der Waals surface area contributed by atoms with Crippen LogP contribution in [0.1, 0.15) is 40.5 Å². The zero-order chi connectivity index (χ0) is 13.1. The second kappa shape index (κ2) is 3.79. The van der Waals surface area contributed by atoms with Crippen LogP contribution in [-0.4, -0.2) is 37.3 Å². The maximum absolute atomic E-state index is 9.85. The monoisotopic (exact) mass is 258 g/mol. The van der Waals surface area contributed by atoms with Gasteiger partial charge in [-0.3, -0.25) is 0 Å². The van der Waals surface area contributed by atoms with Crippen molar-refractivity contribution >= 4 is 8.32 Å². The Balaban J connectivity index is 2.08. The molecule has 3 nitrogen and oxygen atoms in total. The predicted octanol–water partition coefficient (Wildman–Crippen LogP) is 2.69. The second-order valence-electron chi connectivity index (χ2n) is 7.28. The van der Waals surface area contributed by atoms with Gasteiger partial charge in [0.05, 0.1) is 18.3 Å². The number of rotatable bonds is 2. The zero-order valence-electron chi connectivity index (χ0n) is 11.9. The van der Waals surface area contributed by atoms with Crippen molar-refractivity contribution in [2.24, 2.45) is 0 Å². The SMILES string of the molecule is CC(C)(C)[Si](C)(C)O[C@@H]1C[C@@H](O)C[C@@H]2O[C@@]21C. The van der Waals surface area contributed by atoms with Crippen molar-refractivity contribution in [2.75, 3.05) is 0 Å². The molecule has 0 bridgehead atoms. The lowest BCUT2D eigenvalue weighted by Crippen LogP contribution is -2.50. The van der Waals surface area contributed by atoms with Crippen molar-refractivity contribution in [1.29, 1.82) is 0 Å². The van der Waals surface area contributed by atoms with Crippen molar-refractivity contribution in [1.82, 2.24) is 0 Å². The molecule has 4 atom stereocenters. The Bertz CT molecular complexity index is 310. The van der Waals surface area contributed by atoms with Gasteiger partial charge in [0.2, 0.25) is 0 Å². The summed E-state index contributed by atoms with van der Waals surface area (Å²) in [6.07, 6.45) is 1.51. The van der Waals surface area contributed by atoms with E-state index in [1.54, 1.807) is 0 Å². The van der Waals surface area contributed by atoms with Gasteiger partial charge in [0.25, 0.3) is 0 Å². The van der Waals surface area contributed by atoms with Gasteiger partial charge in [0, 0.05) is 12.8 Å². The number of ether oxygens (including phenoxy) is 1. The highest BCUT2D eigenvalue weighted by Gasteiger charge is 2.63. The summed E-state index contributed by atoms with van der Waals surface area (Å²) in [5, 5.41) is 10.1. The smallest absolute Gasteiger partial charge is 0.192 e. The number of epoxide rings is 1. The van der Waals surface area contributed by atoms with E-state index in [1.165, 1.54) is 0 Å². The van der Waals surface area contributed by atoms with Crippen LogP contribution in [0.25, 0.3) is 0 Å². The number of aliphatic hydroxyl groups excluding tert-OH is 1. The minimum Gasteiger partial charge on any atom is -0.411 e. The summed E-state index contributed by atoms with van der Waals surface area (Å²) in [5.74, 6) is 0. The molecule has 4 heteroatoms. The summed E-state index contributed by atoms with van der Waals surface area (Å²) in [4.78, 5) is 0. The standard InChI is InChI=1S/C13H26O3Si/c1-12(2,3)17(5,6)16-11-8-9(14)7-10-13(11,4)15-10/h9-11,14H,7-8H2,1-6H3/t9-,10-,11+,13-/m0/s1. The van der Waals surface area contributed by atoms with Crippen LogP contribution in [-0.2, 0) is 9.16 Å². The van der Waals surface area contributed by atoms with Crippen LogP contribution in [0.5, 0.6) is 0 Å². The molecule has 0 aromatic heterocycles.